The molecule has 0 unspecified atom stereocenters. The lowest BCUT2D eigenvalue weighted by molar-refractivity contribution is -0.126. The second-order valence-electron chi connectivity index (χ2n) is 10.4. The summed E-state index contributed by atoms with van der Waals surface area (Å²) in [5.41, 5.74) is 3.96. The van der Waals surface area contributed by atoms with E-state index < -0.39 is 0 Å². The van der Waals surface area contributed by atoms with E-state index in [4.69, 9.17) is 9.72 Å². The second kappa shape index (κ2) is 11.8. The molecule has 214 valence electrons. The van der Waals surface area contributed by atoms with Crippen molar-refractivity contribution in [3.05, 3.63) is 79.0 Å². The van der Waals surface area contributed by atoms with Crippen molar-refractivity contribution >= 4 is 39.9 Å². The van der Waals surface area contributed by atoms with Crippen LogP contribution in [0.15, 0.2) is 73.5 Å². The molecule has 0 radical (unpaired) electrons. The van der Waals surface area contributed by atoms with Gasteiger partial charge in [-0.05, 0) is 63.0 Å². The van der Waals surface area contributed by atoms with Gasteiger partial charge in [-0.1, -0.05) is 6.08 Å². The minimum absolute atomic E-state index is 0.0472. The average molecular weight is 565 g/mol. The molecule has 1 aromatic carbocycles. The number of carbonyl (C=O) groups excluding carboxylic acids is 1. The van der Waals surface area contributed by atoms with Crippen molar-refractivity contribution in [1.82, 2.24) is 39.3 Å². The Balaban J connectivity index is 1.15. The van der Waals surface area contributed by atoms with E-state index in [9.17, 15) is 4.79 Å². The van der Waals surface area contributed by atoms with Crippen LogP contribution >= 0.6 is 0 Å². The molecular formula is C30H32N10O2. The largest absolute Gasteiger partial charge is 0.457 e. The van der Waals surface area contributed by atoms with E-state index in [0.717, 1.165) is 34.9 Å². The topological polar surface area (TPSA) is 117 Å². The van der Waals surface area contributed by atoms with Gasteiger partial charge in [0, 0.05) is 56.8 Å². The summed E-state index contributed by atoms with van der Waals surface area (Å²) in [6.07, 6.45) is 8.42. The molecule has 0 saturated carbocycles. The fraction of sp³-hybridized carbons (Fsp3) is 0.267. The number of nitrogens with one attached hydrogen (secondary N) is 1. The summed E-state index contributed by atoms with van der Waals surface area (Å²) in [7, 11) is 3.96. The zero-order valence-electron chi connectivity index (χ0n) is 23.8. The van der Waals surface area contributed by atoms with Gasteiger partial charge in [0.2, 0.25) is 5.91 Å². The van der Waals surface area contributed by atoms with E-state index in [0.29, 0.717) is 48.9 Å². The smallest absolute Gasteiger partial charge is 0.246 e. The fourth-order valence-electron chi connectivity index (χ4n) is 4.79. The second-order valence-corrected chi connectivity index (χ2v) is 10.4. The molecule has 5 heterocycles. The molecule has 0 spiro atoms. The number of hydrogen-bond acceptors (Lipinski definition) is 10. The number of nitrogens with zero attached hydrogens (tertiary/aromatic N) is 9. The summed E-state index contributed by atoms with van der Waals surface area (Å²) in [6, 6.07) is 13.5. The van der Waals surface area contributed by atoms with Gasteiger partial charge >= 0.3 is 0 Å². The highest BCUT2D eigenvalue weighted by Crippen LogP contribution is 2.30. The van der Waals surface area contributed by atoms with Crippen LogP contribution in [-0.2, 0) is 4.79 Å². The van der Waals surface area contributed by atoms with Gasteiger partial charge < -0.3 is 24.8 Å². The number of anilines is 3. The number of aromatic nitrogens is 6. The number of aryl methyl sites for hydroxylation is 1. The number of benzene rings is 1. The minimum atomic E-state index is 0.0472. The van der Waals surface area contributed by atoms with Crippen molar-refractivity contribution in [2.45, 2.75) is 6.92 Å². The predicted octanol–water partition coefficient (Wildman–Crippen LogP) is 3.68. The first-order valence-electron chi connectivity index (χ1n) is 13.7. The Kier molecular flexibility index (Phi) is 7.60. The molecule has 1 aliphatic heterocycles. The van der Waals surface area contributed by atoms with Gasteiger partial charge in [-0.25, -0.2) is 24.5 Å². The van der Waals surface area contributed by atoms with E-state index in [-0.39, 0.29) is 5.91 Å². The Morgan fingerprint density at radius 1 is 1.02 bits per heavy atom. The number of rotatable bonds is 8. The molecular weight excluding hydrogens is 532 g/mol. The molecule has 1 N–H and O–H groups in total. The average Bonchev–Trinajstić information content (AvgIpc) is 3.46. The molecule has 0 aliphatic carbocycles. The molecule has 4 aromatic heterocycles. The third-order valence-electron chi connectivity index (χ3n) is 7.03. The highest BCUT2D eigenvalue weighted by Gasteiger charge is 2.21. The number of pyridine rings is 2. The number of amides is 1. The Morgan fingerprint density at radius 3 is 2.69 bits per heavy atom. The van der Waals surface area contributed by atoms with Crippen LogP contribution in [0.5, 0.6) is 11.5 Å². The maximum atomic E-state index is 12.5. The first-order chi connectivity index (χ1) is 20.4. The Labute approximate surface area is 243 Å². The molecule has 6 rings (SSSR count). The van der Waals surface area contributed by atoms with Crippen molar-refractivity contribution in [3.8, 4) is 11.5 Å². The molecule has 0 bridgehead atoms. The molecule has 0 atom stereocenters. The number of hydrogen-bond donors (Lipinski definition) is 1. The third-order valence-corrected chi connectivity index (χ3v) is 7.03. The lowest BCUT2D eigenvalue weighted by Crippen LogP contribution is -2.48. The van der Waals surface area contributed by atoms with Crippen molar-refractivity contribution in [3.63, 3.8) is 0 Å². The van der Waals surface area contributed by atoms with E-state index >= 15 is 0 Å². The SMILES string of the molecule is Cc1cc(Nc2ncnc3ccc(N4CCN(C(=O)/C=C/CN(C)C)CC4)nc23)ccc1Oc1ccn2ncnc2c1. The van der Waals surface area contributed by atoms with Crippen LogP contribution in [0, 0.1) is 6.92 Å². The first kappa shape index (κ1) is 27.1. The van der Waals surface area contributed by atoms with Crippen LogP contribution in [0.1, 0.15) is 5.56 Å². The standard InChI is InChI=1S/C30H32N10O2/c1-21-17-22(6-8-25(21)42-23-10-12-40-27(18-23)32-20-34-40)35-30-29-24(31-19-33-30)7-9-26(36-29)38-13-15-39(16-14-38)28(41)5-4-11-37(2)3/h4-10,12,17-20H,11,13-16H2,1-3H3,(H,31,33,35)/b5-4+. The van der Waals surface area contributed by atoms with E-state index in [2.05, 4.69) is 30.3 Å². The van der Waals surface area contributed by atoms with E-state index in [1.807, 2.05) is 85.6 Å². The highest BCUT2D eigenvalue weighted by molar-refractivity contribution is 5.89. The van der Waals surface area contributed by atoms with Gasteiger partial charge in [0.15, 0.2) is 11.5 Å². The van der Waals surface area contributed by atoms with Gasteiger partial charge in [0.25, 0.3) is 0 Å². The summed E-state index contributed by atoms with van der Waals surface area (Å²) >= 11 is 0. The summed E-state index contributed by atoms with van der Waals surface area (Å²) in [5.74, 6) is 2.92. The Morgan fingerprint density at radius 2 is 1.88 bits per heavy atom. The lowest BCUT2D eigenvalue weighted by atomic mass is 10.2. The molecule has 12 nitrogen and oxygen atoms in total. The van der Waals surface area contributed by atoms with Crippen molar-refractivity contribution in [2.24, 2.45) is 0 Å². The van der Waals surface area contributed by atoms with Crippen LogP contribution in [0.4, 0.5) is 17.3 Å². The maximum Gasteiger partial charge on any atom is 0.246 e. The van der Waals surface area contributed by atoms with E-state index in [1.54, 1.807) is 10.6 Å². The molecule has 1 fully saturated rings. The third kappa shape index (κ3) is 5.98. The Hall–Kier alpha value is -5.10. The number of piperazine rings is 1. The summed E-state index contributed by atoms with van der Waals surface area (Å²) in [4.78, 5) is 36.7. The molecule has 5 aromatic rings. The van der Waals surface area contributed by atoms with Crippen LogP contribution in [0.3, 0.4) is 0 Å². The summed E-state index contributed by atoms with van der Waals surface area (Å²) < 4.78 is 7.80. The zero-order chi connectivity index (χ0) is 29.1. The number of likely N-dealkylation sites (N-methyl/N-ethyl adjacent to an activating group) is 1. The van der Waals surface area contributed by atoms with Gasteiger partial charge in [-0.15, -0.1) is 0 Å². The van der Waals surface area contributed by atoms with Crippen LogP contribution in [-0.4, -0.2) is 92.1 Å². The van der Waals surface area contributed by atoms with Crippen LogP contribution in [0.25, 0.3) is 16.7 Å². The zero-order valence-corrected chi connectivity index (χ0v) is 23.8. The molecule has 42 heavy (non-hydrogen) atoms. The highest BCUT2D eigenvalue weighted by atomic mass is 16.5. The van der Waals surface area contributed by atoms with Crippen LogP contribution in [0.2, 0.25) is 0 Å². The van der Waals surface area contributed by atoms with Gasteiger partial charge in [-0.3, -0.25) is 4.79 Å². The number of carbonyl (C=O) groups is 1. The minimum Gasteiger partial charge on any atom is -0.457 e. The van der Waals surface area contributed by atoms with Crippen molar-refractivity contribution in [1.29, 1.82) is 0 Å². The van der Waals surface area contributed by atoms with Gasteiger partial charge in [-0.2, -0.15) is 5.10 Å². The monoisotopic (exact) mass is 564 g/mol. The summed E-state index contributed by atoms with van der Waals surface area (Å²) in [6.45, 7) is 5.42. The predicted molar refractivity (Wildman–Crippen MR) is 161 cm³/mol. The number of ether oxygens (including phenoxy) is 1. The summed E-state index contributed by atoms with van der Waals surface area (Å²) in [5, 5.41) is 7.52. The molecule has 1 saturated heterocycles. The van der Waals surface area contributed by atoms with Gasteiger partial charge in [0.05, 0.1) is 5.52 Å². The maximum absolute atomic E-state index is 12.5. The molecule has 12 heteroatoms. The van der Waals surface area contributed by atoms with Gasteiger partial charge in [0.1, 0.15) is 35.5 Å². The quantitative estimate of drug-likeness (QED) is 0.280. The van der Waals surface area contributed by atoms with E-state index in [1.165, 1.54) is 12.7 Å². The lowest BCUT2D eigenvalue weighted by Gasteiger charge is -2.35. The van der Waals surface area contributed by atoms with Crippen LogP contribution < -0.4 is 15.0 Å². The Bertz CT molecular complexity index is 1760. The molecule has 1 amide bonds. The van der Waals surface area contributed by atoms with Crippen molar-refractivity contribution < 1.29 is 9.53 Å². The fourth-order valence-corrected chi connectivity index (χ4v) is 4.79. The first-order valence-corrected chi connectivity index (χ1v) is 13.7. The number of fused-ring (bicyclic) bond motifs is 2. The molecule has 1 aliphatic rings. The normalized spacial score (nSPS) is 13.9. The van der Waals surface area contributed by atoms with Crippen molar-refractivity contribution in [2.75, 3.05) is 57.0 Å².